The van der Waals surface area contributed by atoms with Crippen molar-refractivity contribution in [2.45, 2.75) is 18.0 Å². The number of benzene rings is 2. The molecule has 10 heteroatoms. The smallest absolute Gasteiger partial charge is 0.416 e. The van der Waals surface area contributed by atoms with E-state index in [1.165, 1.54) is 31.4 Å². The molecule has 0 spiro atoms. The molecule has 0 aliphatic rings. The monoisotopic (exact) mass is 400 g/mol. The summed E-state index contributed by atoms with van der Waals surface area (Å²) in [5.41, 5.74) is -0.234. The van der Waals surface area contributed by atoms with E-state index in [4.69, 9.17) is 4.74 Å². The highest BCUT2D eigenvalue weighted by Gasteiger charge is 2.30. The van der Waals surface area contributed by atoms with Crippen molar-refractivity contribution in [1.29, 1.82) is 0 Å². The third kappa shape index (κ3) is 5.36. The van der Waals surface area contributed by atoms with Crippen LogP contribution in [0, 0.1) is 17.0 Å². The van der Waals surface area contributed by atoms with E-state index in [9.17, 15) is 28.1 Å². The number of nitrogens with zero attached hydrogens (tertiary/aromatic N) is 1. The summed E-state index contributed by atoms with van der Waals surface area (Å²) < 4.78 is 43.1. The average molecular weight is 400 g/mol. The Bertz CT molecular complexity index is 872. The predicted molar refractivity (Wildman–Crippen MR) is 95.2 cm³/mol. The fourth-order valence-corrected chi connectivity index (χ4v) is 2.97. The molecular formula is C17H15F3N2O4S. The first-order chi connectivity index (χ1) is 12.6. The second kappa shape index (κ2) is 8.30. The third-order valence-electron chi connectivity index (χ3n) is 3.53. The van der Waals surface area contributed by atoms with Crippen molar-refractivity contribution in [3.63, 3.8) is 0 Å². The van der Waals surface area contributed by atoms with Gasteiger partial charge in [0.1, 0.15) is 0 Å². The van der Waals surface area contributed by atoms with Crippen LogP contribution in [0.1, 0.15) is 11.1 Å². The number of carbonyl (C=O) groups excluding carboxylic acids is 1. The summed E-state index contributed by atoms with van der Waals surface area (Å²) >= 11 is 0.950. The van der Waals surface area contributed by atoms with Gasteiger partial charge >= 0.3 is 11.9 Å². The van der Waals surface area contributed by atoms with Crippen LogP contribution in [-0.2, 0) is 11.0 Å². The minimum Gasteiger partial charge on any atom is -0.490 e. The number of aryl methyl sites for hydroxylation is 1. The molecule has 0 bridgehead atoms. The Kier molecular flexibility index (Phi) is 6.32. The van der Waals surface area contributed by atoms with E-state index in [-0.39, 0.29) is 17.2 Å². The van der Waals surface area contributed by atoms with Crippen molar-refractivity contribution in [2.24, 2.45) is 0 Å². The molecule has 0 unspecified atom stereocenters. The summed E-state index contributed by atoms with van der Waals surface area (Å²) in [6.07, 6.45) is -4.45. The van der Waals surface area contributed by atoms with Gasteiger partial charge < -0.3 is 10.1 Å². The molecular weight excluding hydrogens is 385 g/mol. The number of anilines is 1. The second-order valence-electron chi connectivity index (χ2n) is 5.46. The molecule has 0 aliphatic carbocycles. The topological polar surface area (TPSA) is 81.5 Å². The highest BCUT2D eigenvalue weighted by molar-refractivity contribution is 8.00. The molecule has 0 saturated heterocycles. The molecule has 0 fully saturated rings. The first-order valence-corrected chi connectivity index (χ1v) is 8.53. The molecule has 2 rings (SSSR count). The maximum absolute atomic E-state index is 12.7. The summed E-state index contributed by atoms with van der Waals surface area (Å²) in [5.74, 6) is -0.595. The summed E-state index contributed by atoms with van der Waals surface area (Å²) in [5, 5.41) is 13.6. The zero-order valence-corrected chi connectivity index (χ0v) is 15.1. The van der Waals surface area contributed by atoms with Crippen LogP contribution in [0.3, 0.4) is 0 Å². The molecule has 0 atom stereocenters. The van der Waals surface area contributed by atoms with E-state index in [0.717, 1.165) is 23.9 Å². The Labute approximate surface area is 156 Å². The summed E-state index contributed by atoms with van der Waals surface area (Å²) in [4.78, 5) is 22.8. The predicted octanol–water partition coefficient (Wildman–Crippen LogP) is 4.66. The van der Waals surface area contributed by atoms with Crippen LogP contribution in [0.15, 0.2) is 41.3 Å². The average Bonchev–Trinajstić information content (AvgIpc) is 2.60. The number of hydrogen-bond donors (Lipinski definition) is 1. The van der Waals surface area contributed by atoms with Gasteiger partial charge in [0, 0.05) is 22.7 Å². The number of amides is 1. The summed E-state index contributed by atoms with van der Waals surface area (Å²) in [6, 6.07) is 7.28. The van der Waals surface area contributed by atoms with Crippen molar-refractivity contribution in [3.05, 3.63) is 57.6 Å². The lowest BCUT2D eigenvalue weighted by Crippen LogP contribution is -2.15. The molecule has 0 aromatic heterocycles. The normalized spacial score (nSPS) is 11.1. The number of ether oxygens (including phenoxy) is 1. The number of thioether (sulfide) groups is 1. The maximum Gasteiger partial charge on any atom is 0.416 e. The number of alkyl halides is 3. The van der Waals surface area contributed by atoms with Gasteiger partial charge in [-0.3, -0.25) is 14.9 Å². The van der Waals surface area contributed by atoms with E-state index in [1.807, 2.05) is 0 Å². The lowest BCUT2D eigenvalue weighted by molar-refractivity contribution is -0.385. The van der Waals surface area contributed by atoms with Gasteiger partial charge in [-0.1, -0.05) is 6.07 Å². The van der Waals surface area contributed by atoms with Gasteiger partial charge in [0.05, 0.1) is 23.3 Å². The SMILES string of the molecule is COc1cc(NC(=O)CSc2cccc(C(F)(F)F)c2)c(C)cc1[N+](=O)[O-]. The van der Waals surface area contributed by atoms with Gasteiger partial charge in [-0.05, 0) is 30.7 Å². The van der Waals surface area contributed by atoms with Crippen molar-refractivity contribution < 1.29 is 27.6 Å². The van der Waals surface area contributed by atoms with Gasteiger partial charge in [0.25, 0.3) is 0 Å². The molecule has 0 radical (unpaired) electrons. The molecule has 2 aromatic rings. The van der Waals surface area contributed by atoms with Gasteiger partial charge in [-0.15, -0.1) is 11.8 Å². The number of rotatable bonds is 6. The van der Waals surface area contributed by atoms with Crippen LogP contribution in [0.25, 0.3) is 0 Å². The highest BCUT2D eigenvalue weighted by atomic mass is 32.2. The molecule has 0 aliphatic heterocycles. The Balaban J connectivity index is 2.07. The molecule has 0 heterocycles. The Morgan fingerprint density at radius 3 is 2.59 bits per heavy atom. The van der Waals surface area contributed by atoms with E-state index in [1.54, 1.807) is 6.92 Å². The van der Waals surface area contributed by atoms with Crippen LogP contribution in [-0.4, -0.2) is 23.7 Å². The second-order valence-corrected chi connectivity index (χ2v) is 6.51. The Hall–Kier alpha value is -2.75. The van der Waals surface area contributed by atoms with Crippen LogP contribution < -0.4 is 10.1 Å². The van der Waals surface area contributed by atoms with E-state index < -0.39 is 22.6 Å². The first kappa shape index (κ1) is 20.6. The molecule has 1 N–H and O–H groups in total. The fourth-order valence-electron chi connectivity index (χ4n) is 2.21. The van der Waals surface area contributed by atoms with Crippen LogP contribution in [0.2, 0.25) is 0 Å². The van der Waals surface area contributed by atoms with Crippen LogP contribution >= 0.6 is 11.8 Å². The quantitative estimate of drug-likeness (QED) is 0.433. The molecule has 1 amide bonds. The van der Waals surface area contributed by atoms with Crippen molar-refractivity contribution in [1.82, 2.24) is 0 Å². The standard InChI is InChI=1S/C17H15F3N2O4S/c1-10-6-14(22(24)25)15(26-2)8-13(10)21-16(23)9-27-12-5-3-4-11(7-12)17(18,19)20/h3-8H,9H2,1-2H3,(H,21,23). The van der Waals surface area contributed by atoms with E-state index in [2.05, 4.69) is 5.32 Å². The first-order valence-electron chi connectivity index (χ1n) is 7.54. The number of methoxy groups -OCH3 is 1. The Morgan fingerprint density at radius 2 is 2.00 bits per heavy atom. The number of carbonyl (C=O) groups is 1. The van der Waals surface area contributed by atoms with E-state index in [0.29, 0.717) is 16.1 Å². The molecule has 0 saturated carbocycles. The van der Waals surface area contributed by atoms with E-state index >= 15 is 0 Å². The maximum atomic E-state index is 12.7. The van der Waals surface area contributed by atoms with Crippen molar-refractivity contribution in [2.75, 3.05) is 18.2 Å². The fraction of sp³-hybridized carbons (Fsp3) is 0.235. The lowest BCUT2D eigenvalue weighted by atomic mass is 10.1. The zero-order valence-electron chi connectivity index (χ0n) is 14.3. The number of nitrogens with one attached hydrogen (secondary N) is 1. The highest BCUT2D eigenvalue weighted by Crippen LogP contribution is 2.34. The molecule has 27 heavy (non-hydrogen) atoms. The van der Waals surface area contributed by atoms with Crippen molar-refractivity contribution in [3.8, 4) is 5.75 Å². The Morgan fingerprint density at radius 1 is 1.30 bits per heavy atom. The molecule has 6 nitrogen and oxygen atoms in total. The summed E-state index contributed by atoms with van der Waals surface area (Å²) in [6.45, 7) is 1.59. The van der Waals surface area contributed by atoms with Gasteiger partial charge in [0.15, 0.2) is 5.75 Å². The van der Waals surface area contributed by atoms with Crippen LogP contribution in [0.5, 0.6) is 5.75 Å². The summed E-state index contributed by atoms with van der Waals surface area (Å²) in [7, 11) is 1.27. The van der Waals surface area contributed by atoms with Gasteiger partial charge in [-0.25, -0.2) is 0 Å². The van der Waals surface area contributed by atoms with Crippen LogP contribution in [0.4, 0.5) is 24.5 Å². The minimum absolute atomic E-state index is 0.00793. The molecule has 2 aromatic carbocycles. The number of hydrogen-bond acceptors (Lipinski definition) is 5. The lowest BCUT2D eigenvalue weighted by Gasteiger charge is -2.11. The minimum atomic E-state index is -4.45. The third-order valence-corrected chi connectivity index (χ3v) is 4.52. The number of nitro groups is 1. The zero-order chi connectivity index (χ0) is 20.2. The van der Waals surface area contributed by atoms with Gasteiger partial charge in [-0.2, -0.15) is 13.2 Å². The number of nitro benzene ring substituents is 1. The largest absolute Gasteiger partial charge is 0.490 e. The van der Waals surface area contributed by atoms with Crippen molar-refractivity contribution >= 4 is 29.0 Å². The molecule has 144 valence electrons. The number of halogens is 3. The van der Waals surface area contributed by atoms with Gasteiger partial charge in [0.2, 0.25) is 5.91 Å².